The molecular weight excluding hydrogens is 388 g/mol. The van der Waals surface area contributed by atoms with Gasteiger partial charge in [0.15, 0.2) is 0 Å². The van der Waals surface area contributed by atoms with Crippen LogP contribution in [0.1, 0.15) is 35.2 Å². The summed E-state index contributed by atoms with van der Waals surface area (Å²) in [5.41, 5.74) is 2.88. The highest BCUT2D eigenvalue weighted by Gasteiger charge is 2.20. The molecule has 2 fully saturated rings. The van der Waals surface area contributed by atoms with Gasteiger partial charge in [-0.2, -0.15) is 0 Å². The zero-order chi connectivity index (χ0) is 21.5. The molecule has 164 valence electrons. The van der Waals surface area contributed by atoms with Crippen molar-refractivity contribution in [1.29, 1.82) is 0 Å². The lowest BCUT2D eigenvalue weighted by Crippen LogP contribution is -2.48. The van der Waals surface area contributed by atoms with E-state index in [1.165, 1.54) is 5.56 Å². The standard InChI is InChI=1S/C25H32N4O2/c30-24-8-4-5-14-29(24)23-11-9-22(10-12-23)25(31)26-13-15-27-16-18-28(19-17-27)20-21-6-2-1-3-7-21/h1-3,6-7,9-12H,4-5,8,13-20H2,(H,26,31). The lowest BCUT2D eigenvalue weighted by atomic mass is 10.1. The molecule has 0 bridgehead atoms. The van der Waals surface area contributed by atoms with Gasteiger partial charge >= 0.3 is 0 Å². The quantitative estimate of drug-likeness (QED) is 0.748. The normalized spacial score (nSPS) is 18.2. The van der Waals surface area contributed by atoms with Crippen molar-refractivity contribution in [2.24, 2.45) is 0 Å². The molecule has 6 heteroatoms. The van der Waals surface area contributed by atoms with Crippen LogP contribution in [-0.2, 0) is 11.3 Å². The van der Waals surface area contributed by atoms with Crippen LogP contribution in [-0.4, -0.2) is 67.4 Å². The van der Waals surface area contributed by atoms with Gasteiger partial charge in [0.2, 0.25) is 5.91 Å². The van der Waals surface area contributed by atoms with Gasteiger partial charge in [0.05, 0.1) is 0 Å². The fourth-order valence-electron chi connectivity index (χ4n) is 4.31. The summed E-state index contributed by atoms with van der Waals surface area (Å²) in [7, 11) is 0. The first kappa shape index (κ1) is 21.5. The molecule has 2 saturated heterocycles. The monoisotopic (exact) mass is 420 g/mol. The molecule has 31 heavy (non-hydrogen) atoms. The average Bonchev–Trinajstić information content (AvgIpc) is 2.81. The van der Waals surface area contributed by atoms with Gasteiger partial charge < -0.3 is 10.2 Å². The molecule has 2 aliphatic rings. The highest BCUT2D eigenvalue weighted by molar-refractivity contribution is 5.96. The van der Waals surface area contributed by atoms with E-state index in [0.29, 0.717) is 18.5 Å². The highest BCUT2D eigenvalue weighted by Crippen LogP contribution is 2.21. The third kappa shape index (κ3) is 5.93. The van der Waals surface area contributed by atoms with Crippen LogP contribution in [0.25, 0.3) is 0 Å². The number of benzene rings is 2. The molecule has 2 amide bonds. The molecule has 0 spiro atoms. The second-order valence-electron chi connectivity index (χ2n) is 8.41. The minimum Gasteiger partial charge on any atom is -0.351 e. The zero-order valence-corrected chi connectivity index (χ0v) is 18.1. The van der Waals surface area contributed by atoms with Crippen LogP contribution >= 0.6 is 0 Å². The van der Waals surface area contributed by atoms with E-state index in [0.717, 1.165) is 64.3 Å². The summed E-state index contributed by atoms with van der Waals surface area (Å²) in [6, 6.07) is 18.0. The predicted octanol–water partition coefficient (Wildman–Crippen LogP) is 2.75. The van der Waals surface area contributed by atoms with Crippen molar-refractivity contribution in [3.05, 3.63) is 65.7 Å². The Hall–Kier alpha value is -2.70. The first-order valence-corrected chi connectivity index (χ1v) is 11.4. The topological polar surface area (TPSA) is 55.9 Å². The number of rotatable bonds is 7. The number of carbonyl (C=O) groups excluding carboxylic acids is 2. The highest BCUT2D eigenvalue weighted by atomic mass is 16.2. The molecule has 0 aromatic heterocycles. The molecule has 0 unspecified atom stereocenters. The zero-order valence-electron chi connectivity index (χ0n) is 18.1. The SMILES string of the molecule is O=C(NCCN1CCN(Cc2ccccc2)CC1)c1ccc(N2CCCCC2=O)cc1. The summed E-state index contributed by atoms with van der Waals surface area (Å²) >= 11 is 0. The van der Waals surface area contributed by atoms with Crippen molar-refractivity contribution < 1.29 is 9.59 Å². The first-order valence-electron chi connectivity index (χ1n) is 11.4. The first-order chi connectivity index (χ1) is 15.2. The summed E-state index contributed by atoms with van der Waals surface area (Å²) in [6.07, 6.45) is 2.62. The summed E-state index contributed by atoms with van der Waals surface area (Å²) in [5.74, 6) is 0.117. The Kier molecular flexibility index (Phi) is 7.33. The van der Waals surface area contributed by atoms with Crippen LogP contribution in [0.3, 0.4) is 0 Å². The van der Waals surface area contributed by atoms with Crippen LogP contribution in [0.15, 0.2) is 54.6 Å². The minimum absolute atomic E-state index is 0.0563. The Balaban J connectivity index is 1.17. The number of carbonyl (C=O) groups is 2. The molecule has 1 N–H and O–H groups in total. The molecule has 0 saturated carbocycles. The van der Waals surface area contributed by atoms with Gasteiger partial charge in [-0.05, 0) is 42.7 Å². The number of hydrogen-bond donors (Lipinski definition) is 1. The third-order valence-corrected chi connectivity index (χ3v) is 6.19. The summed E-state index contributed by atoms with van der Waals surface area (Å²) in [6.45, 7) is 7.45. The Morgan fingerprint density at radius 2 is 1.55 bits per heavy atom. The van der Waals surface area contributed by atoms with Crippen molar-refractivity contribution in [1.82, 2.24) is 15.1 Å². The number of anilines is 1. The molecule has 0 atom stereocenters. The Morgan fingerprint density at radius 1 is 0.839 bits per heavy atom. The Labute approximate surface area is 184 Å². The fourth-order valence-corrected chi connectivity index (χ4v) is 4.31. The van der Waals surface area contributed by atoms with Crippen molar-refractivity contribution in [3.63, 3.8) is 0 Å². The summed E-state index contributed by atoms with van der Waals surface area (Å²) < 4.78 is 0. The van der Waals surface area contributed by atoms with Gasteiger partial charge in [0.1, 0.15) is 0 Å². The van der Waals surface area contributed by atoms with Crippen LogP contribution < -0.4 is 10.2 Å². The fraction of sp³-hybridized carbons (Fsp3) is 0.440. The number of nitrogens with one attached hydrogen (secondary N) is 1. The van der Waals surface area contributed by atoms with Gasteiger partial charge in [-0.1, -0.05) is 30.3 Å². The molecule has 0 aliphatic carbocycles. The molecule has 6 nitrogen and oxygen atoms in total. The second-order valence-corrected chi connectivity index (χ2v) is 8.41. The molecular formula is C25H32N4O2. The van der Waals surface area contributed by atoms with Crippen molar-refractivity contribution in [2.75, 3.05) is 50.7 Å². The predicted molar refractivity (Wildman–Crippen MR) is 123 cm³/mol. The van der Waals surface area contributed by atoms with Crippen LogP contribution in [0, 0.1) is 0 Å². The lowest BCUT2D eigenvalue weighted by molar-refractivity contribution is -0.119. The Bertz CT molecular complexity index is 861. The third-order valence-electron chi connectivity index (χ3n) is 6.19. The van der Waals surface area contributed by atoms with E-state index >= 15 is 0 Å². The number of hydrogen-bond acceptors (Lipinski definition) is 4. The van der Waals surface area contributed by atoms with Crippen molar-refractivity contribution in [2.45, 2.75) is 25.8 Å². The molecule has 4 rings (SSSR count). The largest absolute Gasteiger partial charge is 0.351 e. The van der Waals surface area contributed by atoms with E-state index in [4.69, 9.17) is 0 Å². The number of piperidine rings is 1. The Morgan fingerprint density at radius 3 is 2.26 bits per heavy atom. The number of nitrogens with zero attached hydrogens (tertiary/aromatic N) is 3. The molecule has 0 radical (unpaired) electrons. The van der Waals surface area contributed by atoms with Gasteiger partial charge in [-0.25, -0.2) is 0 Å². The van der Waals surface area contributed by atoms with Crippen molar-refractivity contribution >= 4 is 17.5 Å². The maximum atomic E-state index is 12.5. The van der Waals surface area contributed by atoms with E-state index < -0.39 is 0 Å². The maximum Gasteiger partial charge on any atom is 0.251 e. The van der Waals surface area contributed by atoms with E-state index in [9.17, 15) is 9.59 Å². The summed E-state index contributed by atoms with van der Waals surface area (Å²) in [4.78, 5) is 31.2. The van der Waals surface area contributed by atoms with Gasteiger partial charge in [-0.15, -0.1) is 0 Å². The molecule has 2 aromatic rings. The minimum atomic E-state index is -0.0563. The number of piperazine rings is 1. The van der Waals surface area contributed by atoms with Crippen LogP contribution in [0.5, 0.6) is 0 Å². The van der Waals surface area contributed by atoms with Gasteiger partial charge in [0, 0.05) is 70.0 Å². The van der Waals surface area contributed by atoms with Crippen LogP contribution in [0.2, 0.25) is 0 Å². The van der Waals surface area contributed by atoms with E-state index in [-0.39, 0.29) is 11.8 Å². The van der Waals surface area contributed by atoms with Gasteiger partial charge in [0.25, 0.3) is 5.91 Å². The maximum absolute atomic E-state index is 12.5. The van der Waals surface area contributed by atoms with Crippen LogP contribution in [0.4, 0.5) is 5.69 Å². The van der Waals surface area contributed by atoms with E-state index in [1.54, 1.807) is 0 Å². The molecule has 2 aliphatic heterocycles. The van der Waals surface area contributed by atoms with E-state index in [2.05, 4.69) is 45.4 Å². The average molecular weight is 421 g/mol. The van der Waals surface area contributed by atoms with E-state index in [1.807, 2.05) is 29.2 Å². The molecule has 2 heterocycles. The lowest BCUT2D eigenvalue weighted by Gasteiger charge is -2.34. The summed E-state index contributed by atoms with van der Waals surface area (Å²) in [5, 5.41) is 3.03. The second kappa shape index (κ2) is 10.6. The number of amides is 2. The van der Waals surface area contributed by atoms with Gasteiger partial charge in [-0.3, -0.25) is 19.4 Å². The smallest absolute Gasteiger partial charge is 0.251 e. The van der Waals surface area contributed by atoms with Crippen molar-refractivity contribution in [3.8, 4) is 0 Å². The molecule has 2 aromatic carbocycles.